The fourth-order valence-corrected chi connectivity index (χ4v) is 2.76. The average Bonchev–Trinajstić information content (AvgIpc) is 2.83. The van der Waals surface area contributed by atoms with Crippen molar-refractivity contribution in [1.29, 1.82) is 0 Å². The van der Waals surface area contributed by atoms with E-state index in [2.05, 4.69) is 9.97 Å². The Labute approximate surface area is 109 Å². The molecule has 0 spiro atoms. The van der Waals surface area contributed by atoms with Crippen LogP contribution in [0.25, 0.3) is 5.57 Å². The highest BCUT2D eigenvalue weighted by Crippen LogP contribution is 2.29. The lowest BCUT2D eigenvalue weighted by atomic mass is 10.1. The zero-order valence-corrected chi connectivity index (χ0v) is 10.7. The molecule has 1 aliphatic heterocycles. The highest BCUT2D eigenvalue weighted by molar-refractivity contribution is 5.70. The molecule has 0 radical (unpaired) electrons. The Morgan fingerprint density at radius 2 is 2.47 bits per heavy atom. The number of allylic oxidation sites excluding steroid dienone is 1. The molecule has 2 aliphatic rings. The van der Waals surface area contributed by atoms with Gasteiger partial charge >= 0.3 is 0 Å². The second-order valence-corrected chi connectivity index (χ2v) is 5.46. The zero-order chi connectivity index (χ0) is 13.6. The number of aliphatic hydroxyl groups excluding tert-OH is 1. The molecule has 2 atom stereocenters. The number of hydrogen-bond acceptors (Lipinski definition) is 4. The predicted octanol–water partition coefficient (Wildman–Crippen LogP) is 0.114. The lowest BCUT2D eigenvalue weighted by Gasteiger charge is -2.17. The van der Waals surface area contributed by atoms with Crippen LogP contribution < -0.4 is 5.56 Å². The molecule has 5 nitrogen and oxygen atoms in total. The van der Waals surface area contributed by atoms with E-state index in [1.807, 2.05) is 11.0 Å². The van der Waals surface area contributed by atoms with Crippen LogP contribution in [-0.4, -0.2) is 51.4 Å². The molecule has 2 N–H and O–H groups in total. The minimum absolute atomic E-state index is 0.118. The lowest BCUT2D eigenvalue weighted by Crippen LogP contribution is -2.32. The van der Waals surface area contributed by atoms with Crippen LogP contribution in [0.3, 0.4) is 0 Å². The fourth-order valence-electron chi connectivity index (χ4n) is 2.76. The molecule has 0 saturated carbocycles. The van der Waals surface area contributed by atoms with Crippen LogP contribution in [0.15, 0.2) is 17.2 Å². The number of nitrogens with one attached hydrogen (secondary N) is 1. The molecular formula is C13H16FN3O2. The number of alkyl halides is 1. The number of aromatic nitrogens is 2. The summed E-state index contributed by atoms with van der Waals surface area (Å²) >= 11 is 0. The molecule has 102 valence electrons. The first kappa shape index (κ1) is 12.5. The van der Waals surface area contributed by atoms with Gasteiger partial charge in [0.2, 0.25) is 0 Å². The second kappa shape index (κ2) is 4.25. The Morgan fingerprint density at radius 3 is 3.16 bits per heavy atom. The smallest absolute Gasteiger partial charge is 0.254 e. The van der Waals surface area contributed by atoms with Crippen molar-refractivity contribution in [3.8, 4) is 0 Å². The topological polar surface area (TPSA) is 69.2 Å². The lowest BCUT2D eigenvalue weighted by molar-refractivity contribution is 0.0459. The van der Waals surface area contributed by atoms with E-state index in [9.17, 15) is 14.3 Å². The fraction of sp³-hybridized carbons (Fsp3) is 0.538. The van der Waals surface area contributed by atoms with Gasteiger partial charge < -0.3 is 10.1 Å². The number of likely N-dealkylation sites (tertiary alicyclic amines) is 1. The summed E-state index contributed by atoms with van der Waals surface area (Å²) in [6.45, 7) is 2.44. The van der Waals surface area contributed by atoms with Gasteiger partial charge in [-0.1, -0.05) is 6.08 Å². The van der Waals surface area contributed by atoms with Gasteiger partial charge in [0.05, 0.1) is 12.0 Å². The third-order valence-corrected chi connectivity index (χ3v) is 3.86. The van der Waals surface area contributed by atoms with Crippen LogP contribution in [0.2, 0.25) is 0 Å². The first-order valence-corrected chi connectivity index (χ1v) is 6.32. The van der Waals surface area contributed by atoms with Crippen molar-refractivity contribution in [3.63, 3.8) is 0 Å². The zero-order valence-electron chi connectivity index (χ0n) is 10.7. The van der Waals surface area contributed by atoms with Crippen molar-refractivity contribution in [1.82, 2.24) is 14.9 Å². The van der Waals surface area contributed by atoms with E-state index < -0.39 is 11.8 Å². The molecule has 0 amide bonds. The molecular weight excluding hydrogens is 249 g/mol. The second-order valence-electron chi connectivity index (χ2n) is 5.46. The maximum absolute atomic E-state index is 13.9. The van der Waals surface area contributed by atoms with E-state index in [0.29, 0.717) is 30.8 Å². The van der Waals surface area contributed by atoms with E-state index in [0.717, 1.165) is 5.57 Å². The number of rotatable bonds is 2. The Hall–Kier alpha value is -1.53. The molecule has 1 aromatic rings. The van der Waals surface area contributed by atoms with Gasteiger partial charge in [-0.2, -0.15) is 0 Å². The molecule has 1 aromatic heterocycles. The number of β-amino-alcohol motifs (C(OH)–C–C–N with tert-alkyl or cyclic N) is 1. The third kappa shape index (κ3) is 2.11. The van der Waals surface area contributed by atoms with Gasteiger partial charge in [0.25, 0.3) is 5.56 Å². The summed E-state index contributed by atoms with van der Waals surface area (Å²) in [6.07, 6.45) is 2.95. The quantitative estimate of drug-likeness (QED) is 0.796. The van der Waals surface area contributed by atoms with Crippen LogP contribution in [0.1, 0.15) is 18.2 Å². The van der Waals surface area contributed by atoms with E-state index in [4.69, 9.17) is 0 Å². The Bertz CT molecular complexity index is 594. The van der Waals surface area contributed by atoms with E-state index in [1.54, 1.807) is 0 Å². The van der Waals surface area contributed by atoms with Crippen molar-refractivity contribution in [3.05, 3.63) is 34.0 Å². The van der Waals surface area contributed by atoms with Crippen LogP contribution in [0.5, 0.6) is 0 Å². The molecule has 1 fully saturated rings. The number of aromatic amines is 1. The number of H-pyrrole nitrogens is 1. The van der Waals surface area contributed by atoms with Gasteiger partial charge in [-0.15, -0.1) is 0 Å². The minimum atomic E-state index is -1.57. The summed E-state index contributed by atoms with van der Waals surface area (Å²) in [5.41, 5.74) is 0.619. The largest absolute Gasteiger partial charge is 0.388 e. The molecule has 1 saturated heterocycles. The summed E-state index contributed by atoms with van der Waals surface area (Å²) < 4.78 is 13.9. The number of aliphatic hydroxyl groups is 1. The third-order valence-electron chi connectivity index (χ3n) is 3.86. The summed E-state index contributed by atoms with van der Waals surface area (Å²) in [6, 6.07) is 0. The van der Waals surface area contributed by atoms with E-state index in [1.165, 1.54) is 13.3 Å². The molecule has 1 aliphatic carbocycles. The van der Waals surface area contributed by atoms with E-state index in [-0.39, 0.29) is 12.1 Å². The monoisotopic (exact) mass is 265 g/mol. The Kier molecular flexibility index (Phi) is 2.79. The maximum Gasteiger partial charge on any atom is 0.254 e. The van der Waals surface area contributed by atoms with Gasteiger partial charge in [-0.05, 0) is 18.9 Å². The van der Waals surface area contributed by atoms with Gasteiger partial charge in [0.1, 0.15) is 11.8 Å². The van der Waals surface area contributed by atoms with Gasteiger partial charge in [-0.3, -0.25) is 9.69 Å². The Balaban J connectivity index is 1.78. The first-order valence-electron chi connectivity index (χ1n) is 6.32. The summed E-state index contributed by atoms with van der Waals surface area (Å²) in [5, 5.41) is 9.63. The van der Waals surface area contributed by atoms with Crippen LogP contribution in [0, 0.1) is 0 Å². The molecule has 2 heterocycles. The molecule has 0 unspecified atom stereocenters. The molecule has 6 heteroatoms. The number of fused-ring (bicyclic) bond motifs is 1. The highest BCUT2D eigenvalue weighted by atomic mass is 19.1. The van der Waals surface area contributed by atoms with Crippen molar-refractivity contribution < 1.29 is 9.50 Å². The van der Waals surface area contributed by atoms with Crippen molar-refractivity contribution >= 4 is 5.57 Å². The van der Waals surface area contributed by atoms with Crippen LogP contribution in [-0.2, 0) is 6.42 Å². The van der Waals surface area contributed by atoms with Gasteiger partial charge in [-0.25, -0.2) is 9.37 Å². The predicted molar refractivity (Wildman–Crippen MR) is 68.5 cm³/mol. The maximum atomic E-state index is 13.9. The highest BCUT2D eigenvalue weighted by Gasteiger charge is 2.42. The molecule has 0 aromatic carbocycles. The van der Waals surface area contributed by atoms with E-state index >= 15 is 0 Å². The molecule has 19 heavy (non-hydrogen) atoms. The van der Waals surface area contributed by atoms with Crippen molar-refractivity contribution in [2.75, 3.05) is 19.6 Å². The first-order chi connectivity index (χ1) is 8.97. The minimum Gasteiger partial charge on any atom is -0.388 e. The summed E-state index contributed by atoms with van der Waals surface area (Å²) in [7, 11) is 0. The molecule has 0 bridgehead atoms. The van der Waals surface area contributed by atoms with Crippen molar-refractivity contribution in [2.24, 2.45) is 0 Å². The molecule has 3 rings (SSSR count). The SMILES string of the molecule is C[C@@]1(F)CN(CC2=CCc3c2nc[nH]c3=O)C[C@@H]1O. The number of nitrogens with zero attached hydrogens (tertiary/aromatic N) is 2. The normalized spacial score (nSPS) is 30.5. The van der Waals surface area contributed by atoms with Crippen molar-refractivity contribution in [2.45, 2.75) is 25.1 Å². The average molecular weight is 265 g/mol. The van der Waals surface area contributed by atoms with Gasteiger partial charge in [0.15, 0.2) is 0 Å². The number of hydrogen-bond donors (Lipinski definition) is 2. The summed E-state index contributed by atoms with van der Waals surface area (Å²) in [4.78, 5) is 20.2. The van der Waals surface area contributed by atoms with Gasteiger partial charge in [0, 0.05) is 25.2 Å². The Morgan fingerprint density at radius 1 is 1.68 bits per heavy atom. The summed E-state index contributed by atoms with van der Waals surface area (Å²) in [5.74, 6) is 0. The van der Waals surface area contributed by atoms with Crippen LogP contribution >= 0.6 is 0 Å². The number of halogens is 1. The van der Waals surface area contributed by atoms with Crippen LogP contribution in [0.4, 0.5) is 4.39 Å². The standard InChI is InChI=1S/C13H16FN3O2/c1-13(14)6-17(5-10(13)18)4-8-2-3-9-11(8)15-7-16-12(9)19/h2,7,10,18H,3-6H2,1H3,(H,15,16,19)/t10-,13+/m0/s1.